The molecule has 0 saturated carbocycles. The Morgan fingerprint density at radius 2 is 2.29 bits per heavy atom. The van der Waals surface area contributed by atoms with E-state index in [1.807, 2.05) is 48.4 Å². The molecular weight excluding hydrogens is 266 g/mol. The van der Waals surface area contributed by atoms with Crippen LogP contribution in [-0.4, -0.2) is 42.5 Å². The summed E-state index contributed by atoms with van der Waals surface area (Å²) in [5.74, 6) is 0. The molecule has 21 heavy (non-hydrogen) atoms. The van der Waals surface area contributed by atoms with Crippen molar-refractivity contribution in [2.45, 2.75) is 6.54 Å². The Labute approximate surface area is 123 Å². The molecule has 0 radical (unpaired) electrons. The van der Waals surface area contributed by atoms with E-state index in [-0.39, 0.29) is 6.03 Å². The molecule has 110 valence electrons. The van der Waals surface area contributed by atoms with Crippen LogP contribution in [0.4, 0.5) is 10.5 Å². The van der Waals surface area contributed by atoms with Crippen molar-refractivity contribution < 1.29 is 4.79 Å². The number of carbonyl (C=O) groups excluding carboxylic acids is 1. The van der Waals surface area contributed by atoms with Crippen molar-refractivity contribution in [3.8, 4) is 11.1 Å². The Kier molecular flexibility index (Phi) is 3.87. The van der Waals surface area contributed by atoms with Crippen LogP contribution in [0, 0.1) is 0 Å². The fourth-order valence-corrected chi connectivity index (χ4v) is 2.43. The summed E-state index contributed by atoms with van der Waals surface area (Å²) >= 11 is 0. The van der Waals surface area contributed by atoms with Crippen LogP contribution in [-0.2, 0) is 6.54 Å². The molecule has 2 N–H and O–H groups in total. The Balaban J connectivity index is 1.82. The van der Waals surface area contributed by atoms with Gasteiger partial charge in [-0.2, -0.15) is 5.10 Å². The minimum absolute atomic E-state index is 0.0307. The summed E-state index contributed by atoms with van der Waals surface area (Å²) in [7, 11) is 1.93. The van der Waals surface area contributed by atoms with Gasteiger partial charge in [0.15, 0.2) is 0 Å². The fourth-order valence-electron chi connectivity index (χ4n) is 2.43. The molecule has 1 aromatic heterocycles. The number of nitrogens with zero attached hydrogens (tertiary/aromatic N) is 3. The van der Waals surface area contributed by atoms with E-state index in [2.05, 4.69) is 15.7 Å². The first-order valence-electron chi connectivity index (χ1n) is 7.11. The average molecular weight is 285 g/mol. The zero-order chi connectivity index (χ0) is 14.7. The minimum Gasteiger partial charge on any atom is -0.336 e. The number of aromatic nitrogens is 2. The smallest absolute Gasteiger partial charge is 0.321 e. The Morgan fingerprint density at radius 3 is 3.05 bits per heavy atom. The summed E-state index contributed by atoms with van der Waals surface area (Å²) in [6, 6.07) is 7.97. The largest absolute Gasteiger partial charge is 0.336 e. The zero-order valence-corrected chi connectivity index (χ0v) is 12.0. The van der Waals surface area contributed by atoms with E-state index in [0.29, 0.717) is 13.1 Å². The molecule has 1 aliphatic rings. The normalized spacial score (nSPS) is 14.5. The van der Waals surface area contributed by atoms with Gasteiger partial charge in [0.1, 0.15) is 0 Å². The highest BCUT2D eigenvalue weighted by molar-refractivity contribution is 5.94. The number of amides is 2. The number of anilines is 1. The van der Waals surface area contributed by atoms with Gasteiger partial charge in [0.2, 0.25) is 0 Å². The molecule has 2 aromatic rings. The van der Waals surface area contributed by atoms with E-state index in [1.54, 1.807) is 4.90 Å². The summed E-state index contributed by atoms with van der Waals surface area (Å²) in [5, 5.41) is 10.3. The van der Waals surface area contributed by atoms with Crippen molar-refractivity contribution in [1.82, 2.24) is 20.4 Å². The van der Waals surface area contributed by atoms with Gasteiger partial charge >= 0.3 is 6.03 Å². The molecule has 0 bridgehead atoms. The molecule has 0 spiro atoms. The van der Waals surface area contributed by atoms with Gasteiger partial charge < -0.3 is 10.6 Å². The number of hydrogen-bond acceptors (Lipinski definition) is 3. The maximum absolute atomic E-state index is 11.7. The maximum Gasteiger partial charge on any atom is 0.321 e. The van der Waals surface area contributed by atoms with Crippen LogP contribution in [0.1, 0.15) is 0 Å². The maximum atomic E-state index is 11.7. The number of likely N-dealkylation sites (N-methyl/N-ethyl adjacent to an activating group) is 1. The zero-order valence-electron chi connectivity index (χ0n) is 12.0. The lowest BCUT2D eigenvalue weighted by Gasteiger charge is -2.14. The van der Waals surface area contributed by atoms with Crippen LogP contribution in [0.3, 0.4) is 0 Å². The highest BCUT2D eigenvalue weighted by Crippen LogP contribution is 2.25. The third-order valence-electron chi connectivity index (χ3n) is 3.57. The van der Waals surface area contributed by atoms with E-state index in [0.717, 1.165) is 29.9 Å². The van der Waals surface area contributed by atoms with E-state index >= 15 is 0 Å². The predicted molar refractivity (Wildman–Crippen MR) is 82.3 cm³/mol. The first kappa shape index (κ1) is 13.6. The van der Waals surface area contributed by atoms with Crippen molar-refractivity contribution in [3.63, 3.8) is 0 Å². The quantitative estimate of drug-likeness (QED) is 0.870. The van der Waals surface area contributed by atoms with Crippen LogP contribution in [0.15, 0.2) is 36.7 Å². The number of hydrogen-bond donors (Lipinski definition) is 2. The van der Waals surface area contributed by atoms with Crippen molar-refractivity contribution in [2.24, 2.45) is 0 Å². The topological polar surface area (TPSA) is 62.2 Å². The van der Waals surface area contributed by atoms with E-state index < -0.39 is 0 Å². The number of carbonyl (C=O) groups is 1. The molecule has 1 aliphatic heterocycles. The van der Waals surface area contributed by atoms with Crippen molar-refractivity contribution in [2.75, 3.05) is 31.6 Å². The van der Waals surface area contributed by atoms with Crippen LogP contribution < -0.4 is 15.5 Å². The first-order chi connectivity index (χ1) is 10.3. The first-order valence-corrected chi connectivity index (χ1v) is 7.11. The fraction of sp³-hybridized carbons (Fsp3) is 0.333. The summed E-state index contributed by atoms with van der Waals surface area (Å²) in [6.45, 7) is 3.13. The Bertz CT molecular complexity index is 636. The van der Waals surface area contributed by atoms with Gasteiger partial charge in [0, 0.05) is 37.1 Å². The summed E-state index contributed by atoms with van der Waals surface area (Å²) in [4.78, 5) is 13.5. The molecule has 3 rings (SSSR count). The van der Waals surface area contributed by atoms with Crippen molar-refractivity contribution >= 4 is 11.7 Å². The summed E-state index contributed by atoms with van der Waals surface area (Å²) in [5.41, 5.74) is 3.06. The molecule has 1 aromatic carbocycles. The second kappa shape index (κ2) is 5.97. The van der Waals surface area contributed by atoms with E-state index in [9.17, 15) is 4.79 Å². The molecule has 2 heterocycles. The summed E-state index contributed by atoms with van der Waals surface area (Å²) in [6.07, 6.45) is 3.89. The molecule has 0 aliphatic carbocycles. The number of nitrogens with one attached hydrogen (secondary N) is 2. The second-order valence-corrected chi connectivity index (χ2v) is 5.03. The van der Waals surface area contributed by atoms with Crippen LogP contribution >= 0.6 is 0 Å². The lowest BCUT2D eigenvalue weighted by Crippen LogP contribution is -2.27. The SMILES string of the molecule is CNCCn1cc(-c2cccc(N3CCNC3=O)c2)cn1. The van der Waals surface area contributed by atoms with Gasteiger partial charge in [-0.3, -0.25) is 9.58 Å². The highest BCUT2D eigenvalue weighted by atomic mass is 16.2. The average Bonchev–Trinajstić information content (AvgIpc) is 3.14. The van der Waals surface area contributed by atoms with Gasteiger partial charge in [-0.15, -0.1) is 0 Å². The number of rotatable bonds is 5. The molecule has 0 unspecified atom stereocenters. The molecule has 6 nitrogen and oxygen atoms in total. The molecule has 2 amide bonds. The number of urea groups is 1. The highest BCUT2D eigenvalue weighted by Gasteiger charge is 2.21. The molecule has 1 fully saturated rings. The van der Waals surface area contributed by atoms with E-state index in [1.165, 1.54) is 0 Å². The third-order valence-corrected chi connectivity index (χ3v) is 3.57. The number of benzene rings is 1. The molecule has 1 saturated heterocycles. The van der Waals surface area contributed by atoms with Gasteiger partial charge in [0.05, 0.1) is 12.7 Å². The van der Waals surface area contributed by atoms with E-state index in [4.69, 9.17) is 0 Å². The molecule has 6 heteroatoms. The van der Waals surface area contributed by atoms with Gasteiger partial charge in [-0.25, -0.2) is 4.79 Å². The predicted octanol–water partition coefficient (Wildman–Crippen LogP) is 1.30. The Morgan fingerprint density at radius 1 is 1.38 bits per heavy atom. The van der Waals surface area contributed by atoms with Gasteiger partial charge in [-0.05, 0) is 24.7 Å². The van der Waals surface area contributed by atoms with Crippen LogP contribution in [0.25, 0.3) is 11.1 Å². The lowest BCUT2D eigenvalue weighted by atomic mass is 10.1. The summed E-state index contributed by atoms with van der Waals surface area (Å²) < 4.78 is 1.92. The lowest BCUT2D eigenvalue weighted by molar-refractivity contribution is 0.252. The van der Waals surface area contributed by atoms with Crippen LogP contribution in [0.2, 0.25) is 0 Å². The minimum atomic E-state index is -0.0307. The standard InChI is InChI=1S/C15H19N5O/c1-16-5-7-19-11-13(10-18-19)12-3-2-4-14(9-12)20-8-6-17-15(20)21/h2-4,9-11,16H,5-8H2,1H3,(H,17,21). The Hall–Kier alpha value is -2.34. The molecule has 0 atom stereocenters. The third kappa shape index (κ3) is 2.90. The van der Waals surface area contributed by atoms with Gasteiger partial charge in [-0.1, -0.05) is 12.1 Å². The van der Waals surface area contributed by atoms with Crippen LogP contribution in [0.5, 0.6) is 0 Å². The molecular formula is C15H19N5O. The van der Waals surface area contributed by atoms with Gasteiger partial charge in [0.25, 0.3) is 0 Å². The van der Waals surface area contributed by atoms with Crippen molar-refractivity contribution in [3.05, 3.63) is 36.7 Å². The van der Waals surface area contributed by atoms with Crippen molar-refractivity contribution in [1.29, 1.82) is 0 Å². The second-order valence-electron chi connectivity index (χ2n) is 5.03. The monoisotopic (exact) mass is 285 g/mol.